The average molecular weight is 266 g/mol. The maximum Gasteiger partial charge on any atom is 0.220 e. The van der Waals surface area contributed by atoms with E-state index in [1.807, 2.05) is 35.2 Å². The van der Waals surface area contributed by atoms with Crippen molar-refractivity contribution in [2.75, 3.05) is 18.0 Å². The molecule has 82 valence electrons. The summed E-state index contributed by atoms with van der Waals surface area (Å²) in [7, 11) is 0. The van der Waals surface area contributed by atoms with Crippen LogP contribution in [0.15, 0.2) is 30.3 Å². The van der Waals surface area contributed by atoms with Crippen LogP contribution in [0.5, 0.6) is 0 Å². The molecule has 0 aliphatic carbocycles. The van der Waals surface area contributed by atoms with Gasteiger partial charge in [-0.15, -0.1) is 11.6 Å². The van der Waals surface area contributed by atoms with Crippen LogP contribution in [0.4, 0.5) is 5.69 Å². The van der Waals surface area contributed by atoms with E-state index >= 15 is 0 Å². The maximum atomic E-state index is 6.22. The predicted octanol–water partition coefficient (Wildman–Crippen LogP) is 2.79. The molecular weight excluding hydrogens is 254 g/mol. The summed E-state index contributed by atoms with van der Waals surface area (Å²) in [4.78, 5) is 1.89. The van der Waals surface area contributed by atoms with Gasteiger partial charge in [0.25, 0.3) is 0 Å². The number of piperazine rings is 1. The first-order valence-electron chi connectivity index (χ1n) is 4.70. The Kier molecular flexibility index (Phi) is 3.31. The van der Waals surface area contributed by atoms with Crippen molar-refractivity contribution in [3.8, 4) is 0 Å². The molecule has 0 saturated carbocycles. The summed E-state index contributed by atoms with van der Waals surface area (Å²) in [5, 5.41) is 3.03. The highest BCUT2D eigenvalue weighted by atomic mass is 35.5. The average Bonchev–Trinajstić information content (AvgIpc) is 2.23. The summed E-state index contributed by atoms with van der Waals surface area (Å²) in [5.74, 6) is 0. The third kappa shape index (κ3) is 2.18. The number of alkyl halides is 3. The van der Waals surface area contributed by atoms with Gasteiger partial charge in [-0.05, 0) is 12.1 Å². The van der Waals surface area contributed by atoms with E-state index in [1.54, 1.807) is 0 Å². The van der Waals surface area contributed by atoms with Gasteiger partial charge in [0.1, 0.15) is 5.50 Å². The lowest BCUT2D eigenvalue weighted by Crippen LogP contribution is -2.59. The van der Waals surface area contributed by atoms with Crippen molar-refractivity contribution in [2.24, 2.45) is 0 Å². The first-order valence-corrected chi connectivity index (χ1v) is 5.89. The van der Waals surface area contributed by atoms with E-state index in [0.29, 0.717) is 0 Å². The number of rotatable bonds is 1. The van der Waals surface area contributed by atoms with Crippen molar-refractivity contribution in [1.29, 1.82) is 0 Å². The molecule has 0 spiro atoms. The molecule has 0 bridgehead atoms. The van der Waals surface area contributed by atoms with Gasteiger partial charge in [0.2, 0.25) is 4.46 Å². The molecule has 1 aromatic carbocycles. The Morgan fingerprint density at radius 2 is 1.93 bits per heavy atom. The highest BCUT2D eigenvalue weighted by Crippen LogP contribution is 2.37. The Morgan fingerprint density at radius 3 is 2.60 bits per heavy atom. The number of hydrogen-bond donors (Lipinski definition) is 1. The van der Waals surface area contributed by atoms with Crippen LogP contribution in [0, 0.1) is 0 Å². The molecule has 5 heteroatoms. The van der Waals surface area contributed by atoms with Crippen LogP contribution >= 0.6 is 34.8 Å². The molecule has 1 saturated heterocycles. The van der Waals surface area contributed by atoms with Gasteiger partial charge in [-0.2, -0.15) is 0 Å². The van der Waals surface area contributed by atoms with Crippen LogP contribution in [0.2, 0.25) is 0 Å². The number of hydrogen-bond acceptors (Lipinski definition) is 2. The van der Waals surface area contributed by atoms with E-state index in [9.17, 15) is 0 Å². The minimum absolute atomic E-state index is 0.477. The molecule has 0 aromatic heterocycles. The molecule has 1 fully saturated rings. The van der Waals surface area contributed by atoms with E-state index in [0.717, 1.165) is 18.8 Å². The number of para-hydroxylation sites is 1. The van der Waals surface area contributed by atoms with Crippen LogP contribution in [0.1, 0.15) is 0 Å². The molecule has 1 heterocycles. The van der Waals surface area contributed by atoms with Crippen LogP contribution in [-0.4, -0.2) is 23.0 Å². The Morgan fingerprint density at radius 1 is 1.27 bits per heavy atom. The van der Waals surface area contributed by atoms with Crippen molar-refractivity contribution in [1.82, 2.24) is 5.32 Å². The largest absolute Gasteiger partial charge is 0.337 e. The molecule has 0 amide bonds. The Balaban J connectivity index is 2.28. The van der Waals surface area contributed by atoms with E-state index in [1.165, 1.54) is 0 Å². The monoisotopic (exact) mass is 264 g/mol. The SMILES string of the molecule is ClC1NCCN(c2ccccc2)C1(Cl)Cl. The lowest BCUT2D eigenvalue weighted by atomic mass is 10.2. The minimum atomic E-state index is -1.11. The van der Waals surface area contributed by atoms with Gasteiger partial charge in [-0.1, -0.05) is 41.4 Å². The number of nitrogens with zero attached hydrogens (tertiary/aromatic N) is 1. The summed E-state index contributed by atoms with van der Waals surface area (Å²) in [5.41, 5.74) is 0.504. The van der Waals surface area contributed by atoms with Gasteiger partial charge in [0, 0.05) is 18.8 Å². The molecule has 1 aliphatic rings. The third-order valence-corrected chi connectivity index (χ3v) is 3.93. The summed E-state index contributed by atoms with van der Waals surface area (Å²) in [6.07, 6.45) is 0. The van der Waals surface area contributed by atoms with Gasteiger partial charge in [-0.3, -0.25) is 5.32 Å². The molecule has 1 atom stereocenters. The van der Waals surface area contributed by atoms with E-state index in [4.69, 9.17) is 34.8 Å². The van der Waals surface area contributed by atoms with Gasteiger partial charge < -0.3 is 4.90 Å². The van der Waals surface area contributed by atoms with Crippen LogP contribution < -0.4 is 10.2 Å². The lowest BCUT2D eigenvalue weighted by Gasteiger charge is -2.43. The van der Waals surface area contributed by atoms with Gasteiger partial charge >= 0.3 is 0 Å². The summed E-state index contributed by atoms with van der Waals surface area (Å²) >= 11 is 18.5. The fourth-order valence-corrected chi connectivity index (χ4v) is 2.37. The van der Waals surface area contributed by atoms with Crippen molar-refractivity contribution in [3.63, 3.8) is 0 Å². The van der Waals surface area contributed by atoms with E-state index in [2.05, 4.69) is 5.32 Å². The number of anilines is 1. The zero-order valence-electron chi connectivity index (χ0n) is 7.96. The molecule has 2 rings (SSSR count). The van der Waals surface area contributed by atoms with Crippen LogP contribution in [0.25, 0.3) is 0 Å². The molecule has 1 aromatic rings. The molecule has 2 nitrogen and oxygen atoms in total. The van der Waals surface area contributed by atoms with Gasteiger partial charge in [0.05, 0.1) is 0 Å². The highest BCUT2D eigenvalue weighted by molar-refractivity contribution is 6.53. The predicted molar refractivity (Wildman–Crippen MR) is 65.9 cm³/mol. The number of halogens is 3. The second-order valence-corrected chi connectivity index (χ2v) is 5.17. The van der Waals surface area contributed by atoms with Crippen molar-refractivity contribution >= 4 is 40.5 Å². The maximum absolute atomic E-state index is 6.22. The van der Waals surface area contributed by atoms with Crippen molar-refractivity contribution in [3.05, 3.63) is 30.3 Å². The fraction of sp³-hybridized carbons (Fsp3) is 0.400. The van der Waals surface area contributed by atoms with Crippen molar-refractivity contribution in [2.45, 2.75) is 9.96 Å². The Labute approximate surface area is 104 Å². The van der Waals surface area contributed by atoms with Crippen molar-refractivity contribution < 1.29 is 0 Å². The molecule has 0 radical (unpaired) electrons. The smallest absolute Gasteiger partial charge is 0.220 e. The van der Waals surface area contributed by atoms with E-state index in [-0.39, 0.29) is 0 Å². The quantitative estimate of drug-likeness (QED) is 0.620. The normalized spacial score (nSPS) is 25.3. The van der Waals surface area contributed by atoms with Gasteiger partial charge in [-0.25, -0.2) is 0 Å². The highest BCUT2D eigenvalue weighted by Gasteiger charge is 2.42. The standard InChI is InChI=1S/C10H11Cl3N2/c11-9-10(12,13)15(7-6-14-9)8-4-2-1-3-5-8/h1-5,9,14H,6-7H2. The first-order chi connectivity index (χ1) is 7.12. The first kappa shape index (κ1) is 11.3. The summed E-state index contributed by atoms with van der Waals surface area (Å²) < 4.78 is -1.11. The molecular formula is C10H11Cl3N2. The molecule has 1 unspecified atom stereocenters. The zero-order valence-corrected chi connectivity index (χ0v) is 10.2. The number of benzene rings is 1. The second-order valence-electron chi connectivity index (χ2n) is 3.39. The Hall–Kier alpha value is -0.150. The summed E-state index contributed by atoms with van der Waals surface area (Å²) in [6, 6.07) is 9.78. The summed E-state index contributed by atoms with van der Waals surface area (Å²) in [6.45, 7) is 1.50. The fourth-order valence-electron chi connectivity index (χ4n) is 1.62. The van der Waals surface area contributed by atoms with Gasteiger partial charge in [0.15, 0.2) is 0 Å². The van der Waals surface area contributed by atoms with Crippen LogP contribution in [-0.2, 0) is 0 Å². The lowest BCUT2D eigenvalue weighted by molar-refractivity contribution is 0.489. The molecule has 1 aliphatic heterocycles. The second kappa shape index (κ2) is 4.38. The molecule has 15 heavy (non-hydrogen) atoms. The zero-order chi connectivity index (χ0) is 10.9. The Bertz CT molecular complexity index is 329. The minimum Gasteiger partial charge on any atom is -0.337 e. The third-order valence-electron chi connectivity index (χ3n) is 2.39. The van der Waals surface area contributed by atoms with Crippen LogP contribution in [0.3, 0.4) is 0 Å². The number of nitrogens with one attached hydrogen (secondary N) is 1. The van der Waals surface area contributed by atoms with E-state index < -0.39 is 9.96 Å². The topological polar surface area (TPSA) is 15.3 Å². The molecule has 1 N–H and O–H groups in total.